The van der Waals surface area contributed by atoms with Crippen molar-refractivity contribution in [3.8, 4) is 5.75 Å². The third-order valence-electron chi connectivity index (χ3n) is 2.25. The summed E-state index contributed by atoms with van der Waals surface area (Å²) in [7, 11) is 0. The summed E-state index contributed by atoms with van der Waals surface area (Å²) < 4.78 is 0. The van der Waals surface area contributed by atoms with Gasteiger partial charge in [-0.25, -0.2) is 0 Å². The van der Waals surface area contributed by atoms with Crippen LogP contribution in [0.15, 0.2) is 30.4 Å². The minimum Gasteiger partial charge on any atom is -0.508 e. The molecule has 1 nitrogen and oxygen atoms in total. The van der Waals surface area contributed by atoms with Crippen molar-refractivity contribution >= 4 is 18.2 Å². The van der Waals surface area contributed by atoms with Crippen LogP contribution in [0.3, 0.4) is 0 Å². The second-order valence-electron chi connectivity index (χ2n) is 3.54. The molecule has 1 heteroatoms. The number of benzene rings is 1. The van der Waals surface area contributed by atoms with E-state index in [0.29, 0.717) is 5.75 Å². The maximum atomic E-state index is 9.65. The molecular weight excluding hydrogens is 196 g/mol. The Labute approximate surface area is 97.4 Å². The summed E-state index contributed by atoms with van der Waals surface area (Å²) in [5, 5.41) is 9.65. The van der Waals surface area contributed by atoms with E-state index < -0.39 is 0 Å². The van der Waals surface area contributed by atoms with Crippen molar-refractivity contribution in [2.24, 2.45) is 0 Å². The van der Waals surface area contributed by atoms with E-state index in [1.165, 1.54) is 0 Å². The largest absolute Gasteiger partial charge is 0.508 e. The fourth-order valence-electron chi connectivity index (χ4n) is 1.68. The first-order valence-electron chi connectivity index (χ1n) is 5.48. The molecule has 0 amide bonds. The fourth-order valence-corrected chi connectivity index (χ4v) is 1.68. The van der Waals surface area contributed by atoms with Crippen molar-refractivity contribution in [2.45, 2.75) is 20.8 Å². The summed E-state index contributed by atoms with van der Waals surface area (Å²) >= 11 is 0. The summed E-state index contributed by atoms with van der Waals surface area (Å²) in [4.78, 5) is 0. The van der Waals surface area contributed by atoms with Gasteiger partial charge in [0, 0.05) is 0 Å². The van der Waals surface area contributed by atoms with Crippen molar-refractivity contribution in [3.05, 3.63) is 47.1 Å². The zero-order valence-electron chi connectivity index (χ0n) is 10.1. The molecule has 0 saturated carbocycles. The molecule has 0 aromatic heterocycles. The SMILES string of the molecule is CC=Cc1cc(O)cc(C=CC)c1C=CC. The normalized spacial score (nSPS) is 12.2. The van der Waals surface area contributed by atoms with E-state index in [9.17, 15) is 5.11 Å². The Balaban J connectivity index is 3.46. The molecule has 1 N–H and O–H groups in total. The molecule has 1 aromatic rings. The first-order chi connectivity index (χ1) is 7.72. The molecule has 16 heavy (non-hydrogen) atoms. The highest BCUT2D eigenvalue weighted by atomic mass is 16.3. The van der Waals surface area contributed by atoms with Crippen molar-refractivity contribution in [3.63, 3.8) is 0 Å². The molecule has 84 valence electrons. The number of hydrogen-bond acceptors (Lipinski definition) is 1. The topological polar surface area (TPSA) is 20.2 Å². The second kappa shape index (κ2) is 5.96. The van der Waals surface area contributed by atoms with Gasteiger partial charge < -0.3 is 5.11 Å². The molecule has 0 saturated heterocycles. The maximum absolute atomic E-state index is 9.65. The molecule has 1 rings (SSSR count). The van der Waals surface area contributed by atoms with Crippen LogP contribution in [-0.4, -0.2) is 5.11 Å². The van der Waals surface area contributed by atoms with Crippen LogP contribution in [0.25, 0.3) is 18.2 Å². The Kier molecular flexibility index (Phi) is 4.59. The van der Waals surface area contributed by atoms with Gasteiger partial charge in [-0.05, 0) is 49.6 Å². The highest BCUT2D eigenvalue weighted by Gasteiger charge is 2.03. The average molecular weight is 214 g/mol. The monoisotopic (exact) mass is 214 g/mol. The molecule has 0 spiro atoms. The van der Waals surface area contributed by atoms with Gasteiger partial charge in [0.15, 0.2) is 0 Å². The van der Waals surface area contributed by atoms with E-state index in [0.717, 1.165) is 16.7 Å². The van der Waals surface area contributed by atoms with Gasteiger partial charge in [0.2, 0.25) is 0 Å². The van der Waals surface area contributed by atoms with E-state index in [-0.39, 0.29) is 0 Å². The van der Waals surface area contributed by atoms with Crippen LogP contribution >= 0.6 is 0 Å². The summed E-state index contributed by atoms with van der Waals surface area (Å²) in [6.07, 6.45) is 12.0. The van der Waals surface area contributed by atoms with E-state index in [1.54, 1.807) is 12.1 Å². The lowest BCUT2D eigenvalue weighted by atomic mass is 9.99. The first kappa shape index (κ1) is 12.3. The molecule has 0 aliphatic carbocycles. The van der Waals surface area contributed by atoms with Crippen LogP contribution in [0.4, 0.5) is 0 Å². The Morgan fingerprint density at radius 2 is 1.25 bits per heavy atom. The Morgan fingerprint density at radius 1 is 0.812 bits per heavy atom. The van der Waals surface area contributed by atoms with Gasteiger partial charge in [-0.3, -0.25) is 0 Å². The molecule has 0 radical (unpaired) electrons. The van der Waals surface area contributed by atoms with Crippen molar-refractivity contribution in [2.75, 3.05) is 0 Å². The smallest absolute Gasteiger partial charge is 0.116 e. The lowest BCUT2D eigenvalue weighted by Gasteiger charge is -2.07. The third kappa shape index (κ3) is 2.86. The van der Waals surface area contributed by atoms with Gasteiger partial charge in [0.25, 0.3) is 0 Å². The minimum absolute atomic E-state index is 0.300. The van der Waals surface area contributed by atoms with Crippen molar-refractivity contribution in [1.82, 2.24) is 0 Å². The number of phenolic OH excluding ortho intramolecular Hbond substituents is 1. The molecule has 0 bridgehead atoms. The molecular formula is C15H18O. The van der Waals surface area contributed by atoms with Crippen LogP contribution in [0.2, 0.25) is 0 Å². The number of phenols is 1. The Bertz CT molecular complexity index is 404. The zero-order valence-corrected chi connectivity index (χ0v) is 10.1. The Morgan fingerprint density at radius 3 is 1.62 bits per heavy atom. The third-order valence-corrected chi connectivity index (χ3v) is 2.25. The number of aromatic hydroxyl groups is 1. The van der Waals surface area contributed by atoms with Crippen LogP contribution in [0, 0.1) is 0 Å². The molecule has 0 unspecified atom stereocenters. The van der Waals surface area contributed by atoms with E-state index in [1.807, 2.05) is 51.2 Å². The number of rotatable bonds is 3. The summed E-state index contributed by atoms with van der Waals surface area (Å²) in [5.74, 6) is 0.300. The van der Waals surface area contributed by atoms with Gasteiger partial charge in [0.05, 0.1) is 0 Å². The van der Waals surface area contributed by atoms with Gasteiger partial charge in [-0.1, -0.05) is 36.5 Å². The lowest BCUT2D eigenvalue weighted by Crippen LogP contribution is -1.86. The molecule has 0 aliphatic heterocycles. The van der Waals surface area contributed by atoms with Gasteiger partial charge >= 0.3 is 0 Å². The molecule has 0 fully saturated rings. The highest BCUT2D eigenvalue weighted by Crippen LogP contribution is 2.25. The highest BCUT2D eigenvalue weighted by molar-refractivity contribution is 5.75. The quantitative estimate of drug-likeness (QED) is 0.785. The number of allylic oxidation sites excluding steroid dienone is 3. The molecule has 0 aliphatic rings. The minimum atomic E-state index is 0.300. The van der Waals surface area contributed by atoms with Gasteiger partial charge in [0.1, 0.15) is 5.75 Å². The fraction of sp³-hybridized carbons (Fsp3) is 0.200. The van der Waals surface area contributed by atoms with E-state index in [4.69, 9.17) is 0 Å². The lowest BCUT2D eigenvalue weighted by molar-refractivity contribution is 0.475. The van der Waals surface area contributed by atoms with Crippen LogP contribution in [0.5, 0.6) is 5.75 Å². The average Bonchev–Trinajstić information content (AvgIpc) is 2.24. The second-order valence-corrected chi connectivity index (χ2v) is 3.54. The van der Waals surface area contributed by atoms with E-state index >= 15 is 0 Å². The molecule has 0 atom stereocenters. The van der Waals surface area contributed by atoms with Crippen molar-refractivity contribution in [1.29, 1.82) is 0 Å². The maximum Gasteiger partial charge on any atom is 0.116 e. The Hall–Kier alpha value is -1.76. The predicted molar refractivity (Wildman–Crippen MR) is 72.2 cm³/mol. The number of hydrogen-bond donors (Lipinski definition) is 1. The van der Waals surface area contributed by atoms with Crippen LogP contribution in [0.1, 0.15) is 37.5 Å². The van der Waals surface area contributed by atoms with E-state index in [2.05, 4.69) is 6.08 Å². The zero-order chi connectivity index (χ0) is 12.0. The molecule has 1 aromatic carbocycles. The summed E-state index contributed by atoms with van der Waals surface area (Å²) in [6.45, 7) is 5.93. The van der Waals surface area contributed by atoms with Gasteiger partial charge in [-0.15, -0.1) is 0 Å². The van der Waals surface area contributed by atoms with Gasteiger partial charge in [-0.2, -0.15) is 0 Å². The molecule has 0 heterocycles. The summed E-state index contributed by atoms with van der Waals surface area (Å²) in [5.41, 5.74) is 3.21. The summed E-state index contributed by atoms with van der Waals surface area (Å²) in [6, 6.07) is 3.56. The van der Waals surface area contributed by atoms with Crippen molar-refractivity contribution < 1.29 is 5.11 Å². The van der Waals surface area contributed by atoms with Crippen LogP contribution < -0.4 is 0 Å². The standard InChI is InChI=1S/C15H18O/c1-4-7-12-10-14(16)11-13(8-5-2)15(12)9-6-3/h4-11,16H,1-3H3. The predicted octanol–water partition coefficient (Wildman–Crippen LogP) is 4.49. The first-order valence-corrected chi connectivity index (χ1v) is 5.48. The van der Waals surface area contributed by atoms with Crippen LogP contribution in [-0.2, 0) is 0 Å².